The molecule has 0 bridgehead atoms. The molecule has 0 amide bonds. The molecule has 0 radical (unpaired) electrons. The van der Waals surface area contributed by atoms with Gasteiger partial charge in [-0.15, -0.1) is 11.3 Å². The summed E-state index contributed by atoms with van der Waals surface area (Å²) in [6.07, 6.45) is 1.91. The maximum Gasteiger partial charge on any atom is 0.196 e. The first-order valence-electron chi connectivity index (χ1n) is 8.14. The number of fused-ring (bicyclic) bond motifs is 1. The Balaban J connectivity index is 1.87. The van der Waals surface area contributed by atoms with E-state index in [0.717, 1.165) is 25.3 Å². The van der Waals surface area contributed by atoms with Gasteiger partial charge in [0.1, 0.15) is 5.01 Å². The van der Waals surface area contributed by atoms with E-state index >= 15 is 0 Å². The van der Waals surface area contributed by atoms with Crippen LogP contribution in [-0.4, -0.2) is 10.8 Å². The molecular weight excluding hydrogens is 406 g/mol. The van der Waals surface area contributed by atoms with E-state index in [1.807, 2.05) is 84.9 Å². The van der Waals surface area contributed by atoms with Crippen molar-refractivity contribution < 1.29 is 4.79 Å². The van der Waals surface area contributed by atoms with E-state index in [1.165, 1.54) is 11.3 Å². The van der Waals surface area contributed by atoms with Gasteiger partial charge in [-0.05, 0) is 35.9 Å². The van der Waals surface area contributed by atoms with Crippen molar-refractivity contribution in [3.63, 3.8) is 0 Å². The highest BCUT2D eigenvalue weighted by atomic mass is 79.9. The van der Waals surface area contributed by atoms with Crippen molar-refractivity contribution in [1.82, 2.24) is 4.98 Å². The van der Waals surface area contributed by atoms with Crippen molar-refractivity contribution >= 4 is 54.9 Å². The molecule has 0 aliphatic heterocycles. The molecule has 0 fully saturated rings. The van der Waals surface area contributed by atoms with E-state index < -0.39 is 0 Å². The number of allylic oxidation sites excluding steroid dienone is 1. The lowest BCUT2D eigenvalue weighted by molar-refractivity contribution is 0.105. The van der Waals surface area contributed by atoms with Gasteiger partial charge >= 0.3 is 0 Å². The number of hydrogen-bond donors (Lipinski definition) is 0. The molecule has 0 N–H and O–H groups in total. The van der Waals surface area contributed by atoms with E-state index in [9.17, 15) is 4.79 Å². The third kappa shape index (κ3) is 3.52. The van der Waals surface area contributed by atoms with Crippen molar-refractivity contribution in [1.29, 1.82) is 0 Å². The zero-order valence-electron chi connectivity index (χ0n) is 13.7. The number of hydrogen-bond acceptors (Lipinski definition) is 3. The number of para-hydroxylation sites is 1. The van der Waals surface area contributed by atoms with Crippen LogP contribution in [0, 0.1) is 0 Å². The molecule has 1 aromatic heterocycles. The van der Waals surface area contributed by atoms with Crippen molar-refractivity contribution in [3.05, 3.63) is 99.5 Å². The Hall–Kier alpha value is -2.56. The Morgan fingerprint density at radius 1 is 0.923 bits per heavy atom. The minimum Gasteiger partial charge on any atom is -0.288 e. The van der Waals surface area contributed by atoms with Gasteiger partial charge in [0, 0.05) is 10.0 Å². The van der Waals surface area contributed by atoms with Gasteiger partial charge in [0.15, 0.2) is 5.78 Å². The average molecular weight is 420 g/mol. The maximum absolute atomic E-state index is 13.2. The smallest absolute Gasteiger partial charge is 0.196 e. The van der Waals surface area contributed by atoms with Gasteiger partial charge in [0.05, 0.1) is 15.8 Å². The number of carbonyl (C=O) groups excluding carboxylic acids is 1. The van der Waals surface area contributed by atoms with Crippen molar-refractivity contribution in [2.75, 3.05) is 0 Å². The van der Waals surface area contributed by atoms with Crippen LogP contribution in [-0.2, 0) is 0 Å². The van der Waals surface area contributed by atoms with Gasteiger partial charge in [0.25, 0.3) is 0 Å². The fourth-order valence-corrected chi connectivity index (χ4v) is 4.12. The van der Waals surface area contributed by atoms with Crippen LogP contribution in [0.15, 0.2) is 83.3 Å². The van der Waals surface area contributed by atoms with Crippen LogP contribution in [0.3, 0.4) is 0 Å². The van der Waals surface area contributed by atoms with Crippen LogP contribution in [0.2, 0.25) is 0 Å². The Morgan fingerprint density at radius 2 is 1.69 bits per heavy atom. The molecular formula is C22H14BrNOS. The largest absolute Gasteiger partial charge is 0.288 e. The third-order valence-corrected chi connectivity index (χ3v) is 5.53. The molecule has 0 atom stereocenters. The Kier molecular flexibility index (Phi) is 4.78. The highest BCUT2D eigenvalue weighted by Gasteiger charge is 2.18. The van der Waals surface area contributed by atoms with Gasteiger partial charge in [-0.25, -0.2) is 4.98 Å². The lowest BCUT2D eigenvalue weighted by atomic mass is 10.0. The molecule has 0 saturated heterocycles. The second kappa shape index (κ2) is 7.36. The molecule has 4 aromatic rings. The normalized spacial score (nSPS) is 11.7. The number of rotatable bonds is 4. The van der Waals surface area contributed by atoms with Crippen LogP contribution in [0.1, 0.15) is 20.9 Å². The van der Waals surface area contributed by atoms with E-state index in [4.69, 9.17) is 4.98 Å². The maximum atomic E-state index is 13.2. The molecule has 4 heteroatoms. The molecule has 126 valence electrons. The van der Waals surface area contributed by atoms with E-state index in [0.29, 0.717) is 11.1 Å². The molecule has 0 aliphatic rings. The lowest BCUT2D eigenvalue weighted by Gasteiger charge is -2.05. The zero-order valence-corrected chi connectivity index (χ0v) is 16.1. The zero-order chi connectivity index (χ0) is 17.9. The first-order valence-corrected chi connectivity index (χ1v) is 9.74. The highest BCUT2D eigenvalue weighted by Crippen LogP contribution is 2.31. The molecule has 4 rings (SSSR count). The monoisotopic (exact) mass is 419 g/mol. The average Bonchev–Trinajstić information content (AvgIpc) is 3.10. The number of thiazole rings is 1. The van der Waals surface area contributed by atoms with Crippen molar-refractivity contribution in [2.24, 2.45) is 0 Å². The number of Topliss-reactive ketones (excluding diaryl/α,β-unsaturated/α-hetero) is 1. The number of nitrogens with zero attached hydrogens (tertiary/aromatic N) is 1. The first kappa shape index (κ1) is 16.9. The number of benzene rings is 3. The first-order chi connectivity index (χ1) is 12.7. The van der Waals surface area contributed by atoms with Gasteiger partial charge < -0.3 is 0 Å². The van der Waals surface area contributed by atoms with Gasteiger partial charge in [-0.3, -0.25) is 4.79 Å². The van der Waals surface area contributed by atoms with E-state index in [2.05, 4.69) is 15.9 Å². The minimum atomic E-state index is -0.0235. The quantitative estimate of drug-likeness (QED) is 0.279. The Morgan fingerprint density at radius 3 is 2.46 bits per heavy atom. The standard InChI is InChI=1S/C22H14BrNOS/c23-17-10-6-7-15(13-17)14-18(21(25)16-8-2-1-3-9-16)22-24-19-11-4-5-12-20(19)26-22/h1-14H. The second-order valence-electron chi connectivity index (χ2n) is 5.79. The predicted molar refractivity (Wildman–Crippen MR) is 112 cm³/mol. The molecule has 0 spiro atoms. The number of halogens is 1. The predicted octanol–water partition coefficient (Wildman–Crippen LogP) is 6.48. The molecule has 1 heterocycles. The molecule has 3 aromatic carbocycles. The fourth-order valence-electron chi connectivity index (χ4n) is 2.72. The molecule has 0 aliphatic carbocycles. The van der Waals surface area contributed by atoms with Crippen LogP contribution in [0.4, 0.5) is 0 Å². The van der Waals surface area contributed by atoms with Crippen LogP contribution < -0.4 is 0 Å². The summed E-state index contributed by atoms with van der Waals surface area (Å²) in [4.78, 5) is 17.9. The number of ketones is 1. The highest BCUT2D eigenvalue weighted by molar-refractivity contribution is 9.10. The van der Waals surface area contributed by atoms with Crippen LogP contribution >= 0.6 is 27.3 Å². The molecule has 0 saturated carbocycles. The summed E-state index contributed by atoms with van der Waals surface area (Å²) in [6, 6.07) is 25.2. The van der Waals surface area contributed by atoms with Crippen molar-refractivity contribution in [2.45, 2.75) is 0 Å². The summed E-state index contributed by atoms with van der Waals surface area (Å²) in [5.74, 6) is -0.0235. The van der Waals surface area contributed by atoms with E-state index in [-0.39, 0.29) is 5.78 Å². The summed E-state index contributed by atoms with van der Waals surface area (Å²) in [5.41, 5.74) is 3.13. The topological polar surface area (TPSA) is 30.0 Å². The number of carbonyl (C=O) groups is 1. The summed E-state index contributed by atoms with van der Waals surface area (Å²) in [5, 5.41) is 0.736. The third-order valence-electron chi connectivity index (χ3n) is 3.96. The molecule has 0 unspecified atom stereocenters. The summed E-state index contributed by atoms with van der Waals surface area (Å²) in [7, 11) is 0. The molecule has 26 heavy (non-hydrogen) atoms. The van der Waals surface area contributed by atoms with Crippen molar-refractivity contribution in [3.8, 4) is 0 Å². The van der Waals surface area contributed by atoms with E-state index in [1.54, 1.807) is 0 Å². The summed E-state index contributed by atoms with van der Waals surface area (Å²) in [6.45, 7) is 0. The minimum absolute atomic E-state index is 0.0235. The second-order valence-corrected chi connectivity index (χ2v) is 7.74. The van der Waals surface area contributed by atoms with Gasteiger partial charge in [0.2, 0.25) is 0 Å². The Bertz CT molecular complexity index is 1080. The SMILES string of the molecule is O=C(C(=Cc1cccc(Br)c1)c1nc2ccccc2s1)c1ccccc1. The molecule has 2 nitrogen and oxygen atoms in total. The van der Waals surface area contributed by atoms with Gasteiger partial charge in [-0.1, -0.05) is 70.5 Å². The van der Waals surface area contributed by atoms with Gasteiger partial charge in [-0.2, -0.15) is 0 Å². The van der Waals surface area contributed by atoms with Crippen LogP contribution in [0.5, 0.6) is 0 Å². The lowest BCUT2D eigenvalue weighted by Crippen LogP contribution is -2.02. The van der Waals surface area contributed by atoms with Crippen LogP contribution in [0.25, 0.3) is 21.9 Å². The summed E-state index contributed by atoms with van der Waals surface area (Å²) < 4.78 is 2.05. The Labute approximate surface area is 164 Å². The fraction of sp³-hybridized carbons (Fsp3) is 0. The number of aromatic nitrogens is 1. The summed E-state index contributed by atoms with van der Waals surface area (Å²) >= 11 is 5.03.